The summed E-state index contributed by atoms with van der Waals surface area (Å²) in [4.78, 5) is 38.9. The highest BCUT2D eigenvalue weighted by Gasteiger charge is 2.35. The fourth-order valence-corrected chi connectivity index (χ4v) is 5.49. The van der Waals surface area contributed by atoms with Crippen LogP contribution < -0.4 is 16.2 Å². The number of nitrogens with zero attached hydrogens (tertiary/aromatic N) is 4. The average molecular weight is 599 g/mol. The molecular formula is C31H21F3N6O2S. The van der Waals surface area contributed by atoms with Crippen LogP contribution in [-0.4, -0.2) is 24.8 Å². The lowest BCUT2D eigenvalue weighted by atomic mass is 10.1. The van der Waals surface area contributed by atoms with Crippen molar-refractivity contribution in [2.45, 2.75) is 13.1 Å². The molecule has 0 aliphatic heterocycles. The van der Waals surface area contributed by atoms with Gasteiger partial charge in [0.05, 0.1) is 27.0 Å². The van der Waals surface area contributed by atoms with Crippen LogP contribution in [0, 0.1) is 6.92 Å². The van der Waals surface area contributed by atoms with E-state index < -0.39 is 23.2 Å². The number of pyridine rings is 1. The van der Waals surface area contributed by atoms with E-state index in [0.29, 0.717) is 27.4 Å². The van der Waals surface area contributed by atoms with Gasteiger partial charge in [-0.15, -0.1) is 0 Å². The minimum atomic E-state index is -4.78. The number of halogens is 3. The van der Waals surface area contributed by atoms with Crippen molar-refractivity contribution in [3.05, 3.63) is 124 Å². The van der Waals surface area contributed by atoms with Crippen molar-refractivity contribution in [1.82, 2.24) is 18.9 Å². The van der Waals surface area contributed by atoms with E-state index in [9.17, 15) is 22.8 Å². The maximum atomic E-state index is 14.2. The number of rotatable bonds is 6. The highest BCUT2D eigenvalue weighted by atomic mass is 32.1. The lowest BCUT2D eigenvalue weighted by Gasteiger charge is -2.15. The normalized spacial score (nSPS) is 11.4. The summed E-state index contributed by atoms with van der Waals surface area (Å²) in [5.74, 6) is -0.322. The first-order valence-electron chi connectivity index (χ1n) is 12.9. The van der Waals surface area contributed by atoms with Crippen LogP contribution >= 0.6 is 11.5 Å². The van der Waals surface area contributed by atoms with Crippen molar-refractivity contribution < 1.29 is 18.0 Å². The van der Waals surface area contributed by atoms with Crippen LogP contribution in [0.15, 0.2) is 102 Å². The van der Waals surface area contributed by atoms with E-state index in [0.717, 1.165) is 32.7 Å². The molecule has 0 unspecified atom stereocenters. The van der Waals surface area contributed by atoms with E-state index in [2.05, 4.69) is 25.6 Å². The minimum Gasteiger partial charge on any atom is -0.324 e. The van der Waals surface area contributed by atoms with Gasteiger partial charge in [0.15, 0.2) is 0 Å². The number of aryl methyl sites for hydroxylation is 1. The Balaban J connectivity index is 1.27. The van der Waals surface area contributed by atoms with Gasteiger partial charge in [0.25, 0.3) is 11.5 Å². The van der Waals surface area contributed by atoms with Gasteiger partial charge in [0.2, 0.25) is 5.95 Å². The molecule has 12 heteroatoms. The topological polar surface area (TPSA) is 102 Å². The Morgan fingerprint density at radius 1 is 0.953 bits per heavy atom. The Hall–Kier alpha value is -5.36. The van der Waals surface area contributed by atoms with Gasteiger partial charge in [-0.2, -0.15) is 13.2 Å². The maximum Gasteiger partial charge on any atom is 0.418 e. The van der Waals surface area contributed by atoms with Gasteiger partial charge in [0, 0.05) is 41.1 Å². The molecule has 0 atom stereocenters. The van der Waals surface area contributed by atoms with Crippen LogP contribution in [0.2, 0.25) is 0 Å². The largest absolute Gasteiger partial charge is 0.418 e. The molecule has 43 heavy (non-hydrogen) atoms. The third-order valence-electron chi connectivity index (χ3n) is 6.63. The van der Waals surface area contributed by atoms with E-state index in [1.807, 2.05) is 13.0 Å². The third kappa shape index (κ3) is 5.72. The number of carbonyl (C=O) groups is 1. The molecule has 6 rings (SSSR count). The molecule has 8 nitrogen and oxygen atoms in total. The number of anilines is 3. The maximum absolute atomic E-state index is 14.2. The van der Waals surface area contributed by atoms with Crippen LogP contribution in [-0.2, 0) is 6.18 Å². The zero-order chi connectivity index (χ0) is 30.1. The van der Waals surface area contributed by atoms with Gasteiger partial charge >= 0.3 is 6.18 Å². The number of amides is 1. The van der Waals surface area contributed by atoms with Crippen LogP contribution in [0.3, 0.4) is 0 Å². The lowest BCUT2D eigenvalue weighted by molar-refractivity contribution is -0.137. The summed E-state index contributed by atoms with van der Waals surface area (Å²) in [6.45, 7) is 1.83. The molecular weight excluding hydrogens is 577 g/mol. The first kappa shape index (κ1) is 27.8. The van der Waals surface area contributed by atoms with Crippen molar-refractivity contribution in [3.63, 3.8) is 0 Å². The van der Waals surface area contributed by atoms with Gasteiger partial charge in [-0.1, -0.05) is 29.7 Å². The van der Waals surface area contributed by atoms with E-state index in [4.69, 9.17) is 0 Å². The minimum absolute atomic E-state index is 0.0715. The van der Waals surface area contributed by atoms with Crippen molar-refractivity contribution >= 4 is 44.8 Å². The Bertz CT molecular complexity index is 2040. The van der Waals surface area contributed by atoms with E-state index in [1.165, 1.54) is 12.1 Å². The molecule has 0 bridgehead atoms. The highest BCUT2D eigenvalue weighted by molar-refractivity contribution is 7.14. The molecule has 1 amide bonds. The van der Waals surface area contributed by atoms with Gasteiger partial charge in [-0.05, 0) is 73.2 Å². The predicted molar refractivity (Wildman–Crippen MR) is 160 cm³/mol. The van der Waals surface area contributed by atoms with E-state index in [-0.39, 0.29) is 16.9 Å². The molecule has 0 saturated carbocycles. The quantitative estimate of drug-likeness (QED) is 0.210. The van der Waals surface area contributed by atoms with E-state index >= 15 is 0 Å². The number of benzene rings is 3. The Kier molecular flexibility index (Phi) is 7.20. The molecule has 0 spiro atoms. The molecule has 0 fully saturated rings. The summed E-state index contributed by atoms with van der Waals surface area (Å²) in [6, 6.07) is 20.2. The molecule has 2 N–H and O–H groups in total. The fourth-order valence-electron chi connectivity index (χ4n) is 4.46. The summed E-state index contributed by atoms with van der Waals surface area (Å²) < 4.78 is 44.0. The first-order valence-corrected chi connectivity index (χ1v) is 13.7. The molecule has 0 aliphatic rings. The average Bonchev–Trinajstić information content (AvgIpc) is 3.34. The molecule has 3 aromatic carbocycles. The van der Waals surface area contributed by atoms with Gasteiger partial charge in [-0.3, -0.25) is 14.6 Å². The van der Waals surface area contributed by atoms with Crippen molar-refractivity contribution in [2.24, 2.45) is 0 Å². The number of aromatic nitrogens is 4. The summed E-state index contributed by atoms with van der Waals surface area (Å²) >= 11 is 0.924. The zero-order valence-electron chi connectivity index (χ0n) is 22.4. The number of hydrogen-bond acceptors (Lipinski definition) is 7. The number of carbonyl (C=O) groups excluding carboxylic acids is 1. The van der Waals surface area contributed by atoms with Crippen LogP contribution in [0.25, 0.3) is 27.0 Å². The number of alkyl halides is 3. The van der Waals surface area contributed by atoms with Crippen molar-refractivity contribution in [1.29, 1.82) is 0 Å². The predicted octanol–water partition coefficient (Wildman–Crippen LogP) is 7.23. The molecule has 0 saturated heterocycles. The van der Waals surface area contributed by atoms with Crippen LogP contribution in [0.4, 0.5) is 30.5 Å². The molecule has 214 valence electrons. The summed E-state index contributed by atoms with van der Waals surface area (Å²) in [5.41, 5.74) is 1.03. The zero-order valence-corrected chi connectivity index (χ0v) is 23.2. The van der Waals surface area contributed by atoms with E-state index in [1.54, 1.807) is 73.2 Å². The smallest absolute Gasteiger partial charge is 0.324 e. The second kappa shape index (κ2) is 11.1. The highest BCUT2D eigenvalue weighted by Crippen LogP contribution is 2.37. The number of hydrogen-bond donors (Lipinski definition) is 2. The third-order valence-corrected chi connectivity index (χ3v) is 7.73. The fraction of sp³-hybridized carbons (Fsp3) is 0.0645. The Morgan fingerprint density at radius 2 is 1.79 bits per heavy atom. The van der Waals surface area contributed by atoms with Crippen LogP contribution in [0.1, 0.15) is 21.5 Å². The number of nitrogens with one attached hydrogen (secondary N) is 2. The lowest BCUT2D eigenvalue weighted by Crippen LogP contribution is -2.18. The molecule has 0 aliphatic carbocycles. The van der Waals surface area contributed by atoms with Gasteiger partial charge in [0.1, 0.15) is 0 Å². The molecule has 3 heterocycles. The monoisotopic (exact) mass is 598 g/mol. The van der Waals surface area contributed by atoms with Gasteiger partial charge < -0.3 is 10.6 Å². The Morgan fingerprint density at radius 3 is 2.56 bits per heavy atom. The number of fused-ring (bicyclic) bond motifs is 1. The van der Waals surface area contributed by atoms with Crippen molar-refractivity contribution in [2.75, 3.05) is 10.6 Å². The SMILES string of the molecule is Cc1ccc(C(=O)Nc2ccc(-n3sc4ccccc4c3=O)c(C(F)(F)F)c2)cc1Nc1nccc(-c2cccnc2)n1. The molecule has 6 aromatic rings. The van der Waals surface area contributed by atoms with Crippen LogP contribution in [0.5, 0.6) is 0 Å². The standard InChI is InChI=1S/C31H21F3N6O2S/c1-18-8-9-19(15-25(18)39-30-36-14-12-24(38-30)20-5-4-13-35-17-20)28(41)37-21-10-11-26(23(16-21)31(32,33)34)40-29(42)22-6-2-3-7-27(22)43-40/h2-17H,1H3,(H,37,41)(H,36,38,39). The first-order chi connectivity index (χ1) is 20.7. The molecule has 0 radical (unpaired) electrons. The van der Waals surface area contributed by atoms with Crippen molar-refractivity contribution in [3.8, 4) is 16.9 Å². The van der Waals surface area contributed by atoms with Gasteiger partial charge in [-0.25, -0.2) is 13.9 Å². The second-order valence-electron chi connectivity index (χ2n) is 9.53. The summed E-state index contributed by atoms with van der Waals surface area (Å²) in [6.07, 6.45) is 0.157. The Labute approximate surface area is 246 Å². The summed E-state index contributed by atoms with van der Waals surface area (Å²) in [5, 5.41) is 5.98. The molecule has 3 aromatic heterocycles. The summed E-state index contributed by atoms with van der Waals surface area (Å²) in [7, 11) is 0. The second-order valence-corrected chi connectivity index (χ2v) is 10.5.